The average molecular weight is 402 g/mol. The lowest BCUT2D eigenvalue weighted by molar-refractivity contribution is 0.0943. The molecule has 0 atom stereocenters. The quantitative estimate of drug-likeness (QED) is 0.699. The Kier molecular flexibility index (Phi) is 7.11. The van der Waals surface area contributed by atoms with Gasteiger partial charge in [0.2, 0.25) is 5.89 Å². The molecule has 1 saturated heterocycles. The van der Waals surface area contributed by atoms with Gasteiger partial charge in [-0.1, -0.05) is 19.9 Å². The number of carbonyl (C=O) groups is 1. The van der Waals surface area contributed by atoms with Gasteiger partial charge in [0.1, 0.15) is 6.26 Å². The molecule has 1 aromatic carbocycles. The molecule has 8 nitrogen and oxygen atoms in total. The molecule has 2 heterocycles. The minimum Gasteiger partial charge on any atom is -0.504 e. The number of phenols is 1. The molecule has 29 heavy (non-hydrogen) atoms. The molecule has 1 aliphatic rings. The summed E-state index contributed by atoms with van der Waals surface area (Å²) in [4.78, 5) is 21.0. The van der Waals surface area contributed by atoms with Crippen molar-refractivity contribution >= 4 is 5.91 Å². The summed E-state index contributed by atoms with van der Waals surface area (Å²) in [5.41, 5.74) is 1.44. The van der Waals surface area contributed by atoms with Crippen molar-refractivity contribution in [2.45, 2.75) is 26.9 Å². The first-order valence-corrected chi connectivity index (χ1v) is 9.97. The minimum absolute atomic E-state index is 0.157. The molecule has 3 rings (SSSR count). The third-order valence-electron chi connectivity index (χ3n) is 4.93. The normalized spacial score (nSPS) is 15.6. The molecule has 1 fully saturated rings. The van der Waals surface area contributed by atoms with E-state index in [1.54, 1.807) is 13.2 Å². The lowest BCUT2D eigenvalue weighted by atomic mass is 10.1. The van der Waals surface area contributed by atoms with Gasteiger partial charge in [-0.05, 0) is 23.6 Å². The summed E-state index contributed by atoms with van der Waals surface area (Å²) in [6, 6.07) is 5.46. The fourth-order valence-corrected chi connectivity index (χ4v) is 3.25. The maximum Gasteiger partial charge on any atom is 0.273 e. The number of oxazole rings is 1. The van der Waals surface area contributed by atoms with Gasteiger partial charge >= 0.3 is 0 Å². The highest BCUT2D eigenvalue weighted by molar-refractivity contribution is 5.91. The number of phenolic OH excluding ortho intramolecular Hbond substituents is 1. The highest BCUT2D eigenvalue weighted by atomic mass is 16.5. The van der Waals surface area contributed by atoms with Crippen LogP contribution in [0.15, 0.2) is 28.9 Å². The van der Waals surface area contributed by atoms with Crippen LogP contribution in [0.25, 0.3) is 0 Å². The number of ether oxygens (including phenoxy) is 1. The Labute approximate surface area is 171 Å². The predicted molar refractivity (Wildman–Crippen MR) is 109 cm³/mol. The highest BCUT2D eigenvalue weighted by Crippen LogP contribution is 2.27. The molecule has 1 aromatic heterocycles. The van der Waals surface area contributed by atoms with Crippen LogP contribution in [-0.4, -0.2) is 65.6 Å². The summed E-state index contributed by atoms with van der Waals surface area (Å²) < 4.78 is 10.7. The predicted octanol–water partition coefficient (Wildman–Crippen LogP) is 2.09. The van der Waals surface area contributed by atoms with E-state index in [1.165, 1.54) is 6.26 Å². The lowest BCUT2D eigenvalue weighted by Crippen LogP contribution is -2.45. The fourth-order valence-electron chi connectivity index (χ4n) is 3.25. The zero-order chi connectivity index (χ0) is 20.8. The average Bonchev–Trinajstić information content (AvgIpc) is 3.17. The van der Waals surface area contributed by atoms with Crippen LogP contribution >= 0.6 is 0 Å². The van der Waals surface area contributed by atoms with Gasteiger partial charge in [-0.25, -0.2) is 4.98 Å². The van der Waals surface area contributed by atoms with Gasteiger partial charge in [0.25, 0.3) is 5.91 Å². The van der Waals surface area contributed by atoms with E-state index in [2.05, 4.69) is 20.1 Å². The third-order valence-corrected chi connectivity index (χ3v) is 4.93. The Morgan fingerprint density at radius 1 is 1.24 bits per heavy atom. The second-order valence-corrected chi connectivity index (χ2v) is 7.79. The minimum atomic E-state index is -0.192. The van der Waals surface area contributed by atoms with Gasteiger partial charge in [-0.2, -0.15) is 0 Å². The second kappa shape index (κ2) is 9.76. The van der Waals surface area contributed by atoms with Crippen molar-refractivity contribution in [3.05, 3.63) is 41.6 Å². The molecule has 1 aliphatic heterocycles. The zero-order valence-electron chi connectivity index (χ0n) is 17.4. The van der Waals surface area contributed by atoms with Crippen molar-refractivity contribution in [1.29, 1.82) is 0 Å². The van der Waals surface area contributed by atoms with Crippen molar-refractivity contribution in [2.24, 2.45) is 5.92 Å². The van der Waals surface area contributed by atoms with E-state index in [1.807, 2.05) is 26.0 Å². The maximum absolute atomic E-state index is 12.1. The number of carbonyl (C=O) groups excluding carboxylic acids is 1. The molecule has 1 amide bonds. The van der Waals surface area contributed by atoms with E-state index in [4.69, 9.17) is 9.15 Å². The van der Waals surface area contributed by atoms with E-state index < -0.39 is 0 Å². The molecule has 0 unspecified atom stereocenters. The van der Waals surface area contributed by atoms with Crippen LogP contribution < -0.4 is 10.1 Å². The van der Waals surface area contributed by atoms with Gasteiger partial charge in [-0.15, -0.1) is 0 Å². The molecule has 0 bridgehead atoms. The third kappa shape index (κ3) is 5.95. The Bertz CT molecular complexity index is 813. The first kappa shape index (κ1) is 21.1. The largest absolute Gasteiger partial charge is 0.504 e. The molecule has 0 radical (unpaired) electrons. The van der Waals surface area contributed by atoms with Crippen LogP contribution in [0.3, 0.4) is 0 Å². The van der Waals surface area contributed by atoms with Crippen LogP contribution in [0.1, 0.15) is 35.8 Å². The van der Waals surface area contributed by atoms with Gasteiger partial charge < -0.3 is 19.6 Å². The Hall–Kier alpha value is -2.58. The number of aromatic hydroxyl groups is 1. The Balaban J connectivity index is 1.46. The van der Waals surface area contributed by atoms with Crippen molar-refractivity contribution < 1.29 is 19.1 Å². The Morgan fingerprint density at radius 2 is 1.93 bits per heavy atom. The number of piperazine rings is 1. The fraction of sp³-hybridized carbons (Fsp3) is 0.524. The van der Waals surface area contributed by atoms with Gasteiger partial charge in [0, 0.05) is 39.3 Å². The molecular weight excluding hydrogens is 372 g/mol. The second-order valence-electron chi connectivity index (χ2n) is 7.79. The van der Waals surface area contributed by atoms with E-state index in [-0.39, 0.29) is 11.7 Å². The first-order valence-electron chi connectivity index (χ1n) is 9.97. The SMILES string of the molecule is COc1cc(CN2CCN(Cc3nc(C(=O)NCC(C)C)co3)CC2)ccc1O. The molecular formula is C21H30N4O4. The molecule has 2 N–H and O–H groups in total. The van der Waals surface area contributed by atoms with Crippen molar-refractivity contribution in [1.82, 2.24) is 20.1 Å². The molecule has 158 valence electrons. The number of amides is 1. The number of nitrogens with one attached hydrogen (secondary N) is 1. The summed E-state index contributed by atoms with van der Waals surface area (Å²) in [5, 5.41) is 12.6. The van der Waals surface area contributed by atoms with Crippen molar-refractivity contribution in [3.63, 3.8) is 0 Å². The van der Waals surface area contributed by atoms with E-state index in [0.29, 0.717) is 36.3 Å². The first-order chi connectivity index (χ1) is 13.9. The van der Waals surface area contributed by atoms with E-state index in [0.717, 1.165) is 38.3 Å². The van der Waals surface area contributed by atoms with Crippen LogP contribution in [0.2, 0.25) is 0 Å². The monoisotopic (exact) mass is 402 g/mol. The summed E-state index contributed by atoms with van der Waals surface area (Å²) >= 11 is 0. The van der Waals surface area contributed by atoms with Gasteiger partial charge in [0.05, 0.1) is 13.7 Å². The smallest absolute Gasteiger partial charge is 0.273 e. The summed E-state index contributed by atoms with van der Waals surface area (Å²) in [6.45, 7) is 9.76. The van der Waals surface area contributed by atoms with Crippen LogP contribution in [-0.2, 0) is 13.1 Å². The number of aromatic nitrogens is 1. The molecule has 2 aromatic rings. The number of hydrogen-bond donors (Lipinski definition) is 2. The summed E-state index contributed by atoms with van der Waals surface area (Å²) in [7, 11) is 1.56. The van der Waals surface area contributed by atoms with Crippen molar-refractivity contribution in [3.8, 4) is 11.5 Å². The van der Waals surface area contributed by atoms with E-state index >= 15 is 0 Å². The molecule has 0 spiro atoms. The highest BCUT2D eigenvalue weighted by Gasteiger charge is 2.20. The summed E-state index contributed by atoms with van der Waals surface area (Å²) in [6.07, 6.45) is 1.43. The standard InChI is InChI=1S/C21H30N4O4/c1-15(2)11-22-21(27)17-14-29-20(23-17)13-25-8-6-24(7-9-25)12-16-4-5-18(26)19(10-16)28-3/h4-5,10,14-15,26H,6-9,11-13H2,1-3H3,(H,22,27). The number of methoxy groups -OCH3 is 1. The molecule has 8 heteroatoms. The number of hydrogen-bond acceptors (Lipinski definition) is 7. The van der Waals surface area contributed by atoms with Gasteiger partial charge in [0.15, 0.2) is 17.2 Å². The topological polar surface area (TPSA) is 91.1 Å². The van der Waals surface area contributed by atoms with E-state index in [9.17, 15) is 9.90 Å². The van der Waals surface area contributed by atoms with Crippen molar-refractivity contribution in [2.75, 3.05) is 39.8 Å². The van der Waals surface area contributed by atoms with Crippen LogP contribution in [0.5, 0.6) is 11.5 Å². The maximum atomic E-state index is 12.1. The Morgan fingerprint density at radius 3 is 2.59 bits per heavy atom. The number of benzene rings is 1. The number of nitrogens with zero attached hydrogens (tertiary/aromatic N) is 3. The lowest BCUT2D eigenvalue weighted by Gasteiger charge is -2.34. The molecule has 0 aliphatic carbocycles. The zero-order valence-corrected chi connectivity index (χ0v) is 17.4. The summed E-state index contributed by atoms with van der Waals surface area (Å²) in [5.74, 6) is 1.42. The van der Waals surface area contributed by atoms with Crippen LogP contribution in [0, 0.1) is 5.92 Å². The molecule has 0 saturated carbocycles. The number of rotatable bonds is 8. The van der Waals surface area contributed by atoms with Crippen LogP contribution in [0.4, 0.5) is 0 Å². The van der Waals surface area contributed by atoms with Gasteiger partial charge in [-0.3, -0.25) is 14.6 Å².